The number of aliphatic hydroxyl groups is 1. The molecule has 0 amide bonds. The Morgan fingerprint density at radius 3 is 2.22 bits per heavy atom. The van der Waals surface area contributed by atoms with E-state index in [1.54, 1.807) is 0 Å². The maximum atomic E-state index is 11.7. The van der Waals surface area contributed by atoms with Gasteiger partial charge in [0.1, 0.15) is 5.75 Å². The number of carbonyl (C=O) groups excluding carboxylic acids is 1. The van der Waals surface area contributed by atoms with Gasteiger partial charge in [-0.05, 0) is 54.2 Å². The number of carbonyl (C=O) groups is 1. The van der Waals surface area contributed by atoms with Gasteiger partial charge in [-0.25, -0.2) is 0 Å². The number of hydrogen-bond acceptors (Lipinski definition) is 4. The van der Waals surface area contributed by atoms with Crippen LogP contribution in [0.2, 0.25) is 0 Å². The molecular formula is C36H42IrNO3-. The number of pyridine rings is 1. The SMILES string of the molecule is CC(C)(C)c1cc2c3c(nccc3c1)-c1[c-]c3ccccc3cc1O2.CCC(CC)C(=O)/C=C(\O)C(CC)CC.[Ir]. The summed E-state index contributed by atoms with van der Waals surface area (Å²) in [6, 6.07) is 20.3. The predicted molar refractivity (Wildman–Crippen MR) is 166 cm³/mol. The van der Waals surface area contributed by atoms with Crippen LogP contribution in [-0.2, 0) is 30.3 Å². The van der Waals surface area contributed by atoms with Gasteiger partial charge < -0.3 is 9.84 Å². The van der Waals surface area contributed by atoms with E-state index in [0.29, 0.717) is 0 Å². The Morgan fingerprint density at radius 2 is 1.59 bits per heavy atom. The van der Waals surface area contributed by atoms with Crippen molar-refractivity contribution in [3.8, 4) is 22.8 Å². The zero-order chi connectivity index (χ0) is 29.0. The van der Waals surface area contributed by atoms with Crippen molar-refractivity contribution in [2.75, 3.05) is 0 Å². The fourth-order valence-corrected chi connectivity index (χ4v) is 5.28. The molecule has 0 unspecified atom stereocenters. The molecule has 0 spiro atoms. The van der Waals surface area contributed by atoms with Crippen LogP contribution in [0.25, 0.3) is 32.8 Å². The van der Waals surface area contributed by atoms with Crippen LogP contribution in [0, 0.1) is 17.9 Å². The van der Waals surface area contributed by atoms with Crippen LogP contribution < -0.4 is 4.74 Å². The topological polar surface area (TPSA) is 59.4 Å². The van der Waals surface area contributed by atoms with Crippen LogP contribution in [0.15, 0.2) is 66.6 Å². The van der Waals surface area contributed by atoms with Crippen LogP contribution in [0.1, 0.15) is 79.7 Å². The van der Waals surface area contributed by atoms with Crippen molar-refractivity contribution in [3.63, 3.8) is 0 Å². The number of aromatic nitrogens is 1. The third-order valence-corrected chi connectivity index (χ3v) is 7.99. The quantitative estimate of drug-likeness (QED) is 0.103. The number of rotatable bonds is 7. The van der Waals surface area contributed by atoms with Crippen LogP contribution in [-0.4, -0.2) is 15.9 Å². The number of allylic oxidation sites excluding steroid dienone is 2. The summed E-state index contributed by atoms with van der Waals surface area (Å²) in [6.45, 7) is 14.7. The van der Waals surface area contributed by atoms with Gasteiger partial charge in [0.05, 0.1) is 11.5 Å². The number of benzene rings is 3. The van der Waals surface area contributed by atoms with E-state index in [-0.39, 0.29) is 48.9 Å². The molecule has 0 saturated carbocycles. The van der Waals surface area contributed by atoms with Gasteiger partial charge in [0.15, 0.2) is 5.78 Å². The average molecular weight is 729 g/mol. The van der Waals surface area contributed by atoms with E-state index in [4.69, 9.17) is 4.74 Å². The molecule has 0 saturated heterocycles. The van der Waals surface area contributed by atoms with Crippen molar-refractivity contribution in [1.29, 1.82) is 0 Å². The third-order valence-electron chi connectivity index (χ3n) is 7.99. The molecule has 4 nitrogen and oxygen atoms in total. The van der Waals surface area contributed by atoms with Crippen LogP contribution >= 0.6 is 0 Å². The summed E-state index contributed by atoms with van der Waals surface area (Å²) in [5, 5.41) is 14.2. The largest absolute Gasteiger partial charge is 0.512 e. The van der Waals surface area contributed by atoms with E-state index in [9.17, 15) is 9.90 Å². The smallest absolute Gasteiger partial charge is 0.162 e. The van der Waals surface area contributed by atoms with Gasteiger partial charge in [-0.1, -0.05) is 89.7 Å². The number of fused-ring (bicyclic) bond motifs is 3. The third kappa shape index (κ3) is 7.08. The fourth-order valence-electron chi connectivity index (χ4n) is 5.28. The summed E-state index contributed by atoms with van der Waals surface area (Å²) in [4.78, 5) is 16.4. The molecule has 0 atom stereocenters. The first kappa shape index (κ1) is 32.5. The molecule has 219 valence electrons. The van der Waals surface area contributed by atoms with Crippen LogP contribution in [0.3, 0.4) is 0 Å². The van der Waals surface area contributed by atoms with Crippen molar-refractivity contribution in [3.05, 3.63) is 78.2 Å². The number of hydrogen-bond donors (Lipinski definition) is 1. The molecule has 2 heterocycles. The van der Waals surface area contributed by atoms with Gasteiger partial charge >= 0.3 is 0 Å². The molecule has 3 aromatic carbocycles. The zero-order valence-corrected chi connectivity index (χ0v) is 27.7. The summed E-state index contributed by atoms with van der Waals surface area (Å²) < 4.78 is 6.32. The first-order valence-corrected chi connectivity index (χ1v) is 14.6. The number of ether oxygens (including phenoxy) is 1. The average Bonchev–Trinajstić information content (AvgIpc) is 2.93. The molecule has 1 aliphatic heterocycles. The molecule has 1 aromatic heterocycles. The van der Waals surface area contributed by atoms with Crippen molar-refractivity contribution in [2.45, 2.75) is 79.6 Å². The van der Waals surface area contributed by atoms with Crippen LogP contribution in [0.5, 0.6) is 11.5 Å². The maximum absolute atomic E-state index is 11.7. The first-order chi connectivity index (χ1) is 19.1. The molecule has 1 radical (unpaired) electrons. The number of nitrogens with zero attached hydrogens (tertiary/aromatic N) is 1. The molecule has 0 aliphatic carbocycles. The molecule has 0 fully saturated rings. The Labute approximate surface area is 258 Å². The molecule has 5 heteroatoms. The summed E-state index contributed by atoms with van der Waals surface area (Å²) in [5.41, 5.74) is 3.23. The van der Waals surface area contributed by atoms with E-state index >= 15 is 0 Å². The van der Waals surface area contributed by atoms with E-state index in [2.05, 4.69) is 68.2 Å². The second-order valence-electron chi connectivity index (χ2n) is 11.7. The monoisotopic (exact) mass is 729 g/mol. The van der Waals surface area contributed by atoms with Gasteiger partial charge in [0.25, 0.3) is 0 Å². The van der Waals surface area contributed by atoms with Gasteiger partial charge in [-0.2, -0.15) is 0 Å². The van der Waals surface area contributed by atoms with Crippen molar-refractivity contribution in [2.24, 2.45) is 11.8 Å². The Bertz CT molecular complexity index is 1540. The molecule has 5 rings (SSSR count). The van der Waals surface area contributed by atoms with Crippen molar-refractivity contribution < 1.29 is 34.7 Å². The summed E-state index contributed by atoms with van der Waals surface area (Å²) in [7, 11) is 0. The van der Waals surface area contributed by atoms with Crippen molar-refractivity contribution >= 4 is 27.3 Å². The normalized spacial score (nSPS) is 12.5. The second kappa shape index (κ2) is 13.8. The molecule has 4 aromatic rings. The Hall–Kier alpha value is -3.01. The van der Waals surface area contributed by atoms with Crippen molar-refractivity contribution in [1.82, 2.24) is 4.98 Å². The minimum atomic E-state index is 0. The zero-order valence-electron chi connectivity index (χ0n) is 25.3. The van der Waals surface area contributed by atoms with Gasteiger partial charge in [-0.15, -0.1) is 17.5 Å². The molecule has 1 aliphatic rings. The Balaban J connectivity index is 0.000000253. The number of ketones is 1. The number of aliphatic hydroxyl groups excluding tert-OH is 1. The van der Waals surface area contributed by atoms with E-state index < -0.39 is 0 Å². The van der Waals surface area contributed by atoms with E-state index in [1.165, 1.54) is 17.0 Å². The molecular weight excluding hydrogens is 687 g/mol. The molecule has 41 heavy (non-hydrogen) atoms. The molecule has 1 N–H and O–H groups in total. The molecule has 0 bridgehead atoms. The minimum Gasteiger partial charge on any atom is -0.512 e. The Morgan fingerprint density at radius 1 is 0.927 bits per heavy atom. The van der Waals surface area contributed by atoms with Gasteiger partial charge in [-0.3, -0.25) is 9.78 Å². The minimum absolute atomic E-state index is 0. The first-order valence-electron chi connectivity index (χ1n) is 14.6. The van der Waals surface area contributed by atoms with Gasteiger partial charge in [0, 0.05) is 55.3 Å². The Kier molecular flexibility index (Phi) is 10.9. The predicted octanol–water partition coefficient (Wildman–Crippen LogP) is 10.1. The van der Waals surface area contributed by atoms with Crippen LogP contribution in [0.4, 0.5) is 0 Å². The maximum Gasteiger partial charge on any atom is 0.162 e. The van der Waals surface area contributed by atoms with Gasteiger partial charge in [0.2, 0.25) is 0 Å². The summed E-state index contributed by atoms with van der Waals surface area (Å²) in [6.07, 6.45) is 6.79. The standard InChI is InChI=1S/C23H18NO.C13H24O2.Ir/c1-23(2,3)17-10-16-8-9-24-22-18-11-14-6-4-5-7-15(14)12-19(18)25-20(13-17)21(16)22;1-5-10(6-2)12(14)9-13(15)11(7-3)8-4;/h4-10,12-13H,1-3H3;9-11,14H,5-8H2,1-4H3;/q-1;;/b;12-9-;. The summed E-state index contributed by atoms with van der Waals surface area (Å²) >= 11 is 0. The van der Waals surface area contributed by atoms with E-state index in [0.717, 1.165) is 64.6 Å². The second-order valence-corrected chi connectivity index (χ2v) is 11.7. The summed E-state index contributed by atoms with van der Waals surface area (Å²) in [5.74, 6) is 2.27. The van der Waals surface area contributed by atoms with E-state index in [1.807, 2.05) is 46.0 Å². The fraction of sp³-hybridized carbons (Fsp3) is 0.389.